The van der Waals surface area contributed by atoms with E-state index in [1.54, 1.807) is 6.92 Å². The molecule has 0 fully saturated rings. The Balaban J connectivity index is 1.95. The van der Waals surface area contributed by atoms with E-state index in [4.69, 9.17) is 0 Å². The first-order valence-corrected chi connectivity index (χ1v) is 7.43. The predicted molar refractivity (Wildman–Crippen MR) is 87.3 cm³/mol. The fourth-order valence-corrected chi connectivity index (χ4v) is 2.34. The van der Waals surface area contributed by atoms with Crippen molar-refractivity contribution >= 4 is 11.6 Å². The molecule has 0 aliphatic heterocycles. The van der Waals surface area contributed by atoms with E-state index in [1.807, 2.05) is 32.0 Å². The summed E-state index contributed by atoms with van der Waals surface area (Å²) in [4.78, 5) is 12.1. The Labute approximate surface area is 134 Å². The standard InChI is InChI=1S/C18H20F2N2O/c1-11-5-4-6-12(2)18(11)22-17(23)10-21-13(3)14-7-8-15(19)16(20)9-14/h4-9,13,21H,10H2,1-3H3,(H,22,23)/t13-/m1/s1. The number of carbonyl (C=O) groups is 1. The number of benzene rings is 2. The van der Waals surface area contributed by atoms with Crippen molar-refractivity contribution in [1.29, 1.82) is 0 Å². The van der Waals surface area contributed by atoms with Gasteiger partial charge in [-0.3, -0.25) is 4.79 Å². The van der Waals surface area contributed by atoms with Gasteiger partial charge in [-0.2, -0.15) is 0 Å². The predicted octanol–water partition coefficient (Wildman–Crippen LogP) is 3.87. The van der Waals surface area contributed by atoms with Gasteiger partial charge in [0.15, 0.2) is 11.6 Å². The molecule has 0 heterocycles. The van der Waals surface area contributed by atoms with Crippen LogP contribution < -0.4 is 10.6 Å². The summed E-state index contributed by atoms with van der Waals surface area (Å²) in [5.41, 5.74) is 3.38. The third kappa shape index (κ3) is 4.36. The molecule has 2 aromatic rings. The van der Waals surface area contributed by atoms with E-state index in [0.29, 0.717) is 5.56 Å². The Hall–Kier alpha value is -2.27. The largest absolute Gasteiger partial charge is 0.324 e. The van der Waals surface area contributed by atoms with Crippen LogP contribution in [-0.4, -0.2) is 12.5 Å². The van der Waals surface area contributed by atoms with Crippen molar-refractivity contribution in [3.63, 3.8) is 0 Å². The lowest BCUT2D eigenvalue weighted by Gasteiger charge is -2.16. The van der Waals surface area contributed by atoms with Crippen LogP contribution in [0, 0.1) is 25.5 Å². The zero-order chi connectivity index (χ0) is 17.0. The Morgan fingerprint density at radius 1 is 1.09 bits per heavy atom. The number of aryl methyl sites for hydroxylation is 2. The number of para-hydroxylation sites is 1. The number of halogens is 2. The number of anilines is 1. The molecule has 2 aromatic carbocycles. The summed E-state index contributed by atoms with van der Waals surface area (Å²) in [7, 11) is 0. The molecule has 5 heteroatoms. The van der Waals surface area contributed by atoms with E-state index in [2.05, 4.69) is 10.6 Å². The maximum absolute atomic E-state index is 13.2. The first-order chi connectivity index (χ1) is 10.9. The van der Waals surface area contributed by atoms with E-state index in [0.717, 1.165) is 28.9 Å². The normalized spacial score (nSPS) is 12.0. The minimum absolute atomic E-state index is 0.0773. The van der Waals surface area contributed by atoms with Crippen molar-refractivity contribution in [3.8, 4) is 0 Å². The highest BCUT2D eigenvalue weighted by Gasteiger charge is 2.12. The lowest BCUT2D eigenvalue weighted by Crippen LogP contribution is -2.30. The van der Waals surface area contributed by atoms with Crippen molar-refractivity contribution in [3.05, 3.63) is 64.7 Å². The van der Waals surface area contributed by atoms with Crippen molar-refractivity contribution in [2.24, 2.45) is 0 Å². The van der Waals surface area contributed by atoms with Crippen LogP contribution in [0.1, 0.15) is 29.7 Å². The average Bonchev–Trinajstić information content (AvgIpc) is 2.51. The molecular formula is C18H20F2N2O. The second-order valence-electron chi connectivity index (χ2n) is 5.59. The zero-order valence-corrected chi connectivity index (χ0v) is 13.4. The second kappa shape index (κ2) is 7.33. The molecule has 122 valence electrons. The molecule has 0 bridgehead atoms. The van der Waals surface area contributed by atoms with Crippen LogP contribution >= 0.6 is 0 Å². The van der Waals surface area contributed by atoms with Crippen molar-refractivity contribution < 1.29 is 13.6 Å². The van der Waals surface area contributed by atoms with Crippen molar-refractivity contribution in [1.82, 2.24) is 5.32 Å². The summed E-state index contributed by atoms with van der Waals surface area (Å²) in [6.07, 6.45) is 0. The summed E-state index contributed by atoms with van der Waals surface area (Å²) in [6, 6.07) is 9.24. The maximum atomic E-state index is 13.2. The monoisotopic (exact) mass is 318 g/mol. The Bertz CT molecular complexity index is 696. The number of amides is 1. The fourth-order valence-electron chi connectivity index (χ4n) is 2.34. The van der Waals surface area contributed by atoms with Crippen LogP contribution in [-0.2, 0) is 4.79 Å². The molecule has 1 amide bonds. The molecule has 0 spiro atoms. The van der Waals surface area contributed by atoms with Crippen LogP contribution in [0.5, 0.6) is 0 Å². The Morgan fingerprint density at radius 3 is 2.35 bits per heavy atom. The molecule has 3 nitrogen and oxygen atoms in total. The molecule has 1 atom stereocenters. The molecule has 0 saturated carbocycles. The van der Waals surface area contributed by atoms with Gasteiger partial charge in [-0.25, -0.2) is 8.78 Å². The number of hydrogen-bond donors (Lipinski definition) is 2. The highest BCUT2D eigenvalue weighted by molar-refractivity contribution is 5.93. The summed E-state index contributed by atoms with van der Waals surface area (Å²) in [5.74, 6) is -1.96. The van der Waals surface area contributed by atoms with E-state index >= 15 is 0 Å². The lowest BCUT2D eigenvalue weighted by atomic mass is 10.1. The van der Waals surface area contributed by atoms with Crippen molar-refractivity contribution in [2.75, 3.05) is 11.9 Å². The second-order valence-corrected chi connectivity index (χ2v) is 5.59. The van der Waals surface area contributed by atoms with E-state index in [-0.39, 0.29) is 18.5 Å². The van der Waals surface area contributed by atoms with Gasteiger partial charge in [0.1, 0.15) is 0 Å². The van der Waals surface area contributed by atoms with Gasteiger partial charge in [-0.1, -0.05) is 24.3 Å². The number of rotatable bonds is 5. The van der Waals surface area contributed by atoms with Crippen LogP contribution in [0.3, 0.4) is 0 Å². The van der Waals surface area contributed by atoms with Crippen LogP contribution in [0.2, 0.25) is 0 Å². The zero-order valence-electron chi connectivity index (χ0n) is 13.4. The van der Waals surface area contributed by atoms with Gasteiger partial charge in [0, 0.05) is 11.7 Å². The SMILES string of the molecule is Cc1cccc(C)c1NC(=O)CN[C@H](C)c1ccc(F)c(F)c1. The highest BCUT2D eigenvalue weighted by Crippen LogP contribution is 2.19. The highest BCUT2D eigenvalue weighted by atomic mass is 19.2. The summed E-state index contributed by atoms with van der Waals surface area (Å²) in [6.45, 7) is 5.73. The Morgan fingerprint density at radius 2 is 1.74 bits per heavy atom. The van der Waals surface area contributed by atoms with Gasteiger partial charge in [-0.05, 0) is 49.6 Å². The molecule has 2 N–H and O–H groups in total. The number of carbonyl (C=O) groups excluding carboxylic acids is 1. The molecular weight excluding hydrogens is 298 g/mol. The van der Waals surface area contributed by atoms with Crippen LogP contribution in [0.25, 0.3) is 0 Å². The van der Waals surface area contributed by atoms with Gasteiger partial charge < -0.3 is 10.6 Å². The maximum Gasteiger partial charge on any atom is 0.238 e. The molecule has 23 heavy (non-hydrogen) atoms. The minimum atomic E-state index is -0.892. The molecule has 0 radical (unpaired) electrons. The van der Waals surface area contributed by atoms with Gasteiger partial charge in [0.25, 0.3) is 0 Å². The molecule has 0 aliphatic carbocycles. The van der Waals surface area contributed by atoms with Gasteiger partial charge in [0.05, 0.1) is 6.54 Å². The quantitative estimate of drug-likeness (QED) is 0.878. The van der Waals surface area contributed by atoms with Crippen molar-refractivity contribution in [2.45, 2.75) is 26.8 Å². The van der Waals surface area contributed by atoms with E-state index < -0.39 is 11.6 Å². The lowest BCUT2D eigenvalue weighted by molar-refractivity contribution is -0.115. The number of nitrogens with one attached hydrogen (secondary N) is 2. The molecule has 0 aliphatic rings. The number of hydrogen-bond acceptors (Lipinski definition) is 2. The Kier molecular flexibility index (Phi) is 5.45. The van der Waals surface area contributed by atoms with Crippen LogP contribution in [0.4, 0.5) is 14.5 Å². The average molecular weight is 318 g/mol. The molecule has 0 saturated heterocycles. The fraction of sp³-hybridized carbons (Fsp3) is 0.278. The molecule has 0 aromatic heterocycles. The first-order valence-electron chi connectivity index (χ1n) is 7.43. The first kappa shape index (κ1) is 17.1. The third-order valence-electron chi connectivity index (χ3n) is 3.76. The van der Waals surface area contributed by atoms with Gasteiger partial charge in [-0.15, -0.1) is 0 Å². The molecule has 0 unspecified atom stereocenters. The summed E-state index contributed by atoms with van der Waals surface area (Å²) >= 11 is 0. The third-order valence-corrected chi connectivity index (χ3v) is 3.76. The molecule has 2 rings (SSSR count). The van der Waals surface area contributed by atoms with Gasteiger partial charge in [0.2, 0.25) is 5.91 Å². The summed E-state index contributed by atoms with van der Waals surface area (Å²) in [5, 5.41) is 5.87. The van der Waals surface area contributed by atoms with E-state index in [9.17, 15) is 13.6 Å². The smallest absolute Gasteiger partial charge is 0.238 e. The van der Waals surface area contributed by atoms with Gasteiger partial charge >= 0.3 is 0 Å². The van der Waals surface area contributed by atoms with Crippen LogP contribution in [0.15, 0.2) is 36.4 Å². The topological polar surface area (TPSA) is 41.1 Å². The summed E-state index contributed by atoms with van der Waals surface area (Å²) < 4.78 is 26.2. The minimum Gasteiger partial charge on any atom is -0.324 e. The van der Waals surface area contributed by atoms with E-state index in [1.165, 1.54) is 6.07 Å².